The lowest BCUT2D eigenvalue weighted by Gasteiger charge is -2.36. The highest BCUT2D eigenvalue weighted by Gasteiger charge is 2.20. The van der Waals surface area contributed by atoms with Gasteiger partial charge in [0.25, 0.3) is 0 Å². The molecule has 3 heterocycles. The highest BCUT2D eigenvalue weighted by atomic mass is 16.2. The molecule has 1 aromatic carbocycles. The zero-order valence-electron chi connectivity index (χ0n) is 14.9. The number of hydrogen-bond donors (Lipinski definition) is 1. The van der Waals surface area contributed by atoms with Gasteiger partial charge in [0.15, 0.2) is 0 Å². The fraction of sp³-hybridized carbons (Fsp3) is 0.333. The number of aryl methyl sites for hydroxylation is 1. The summed E-state index contributed by atoms with van der Waals surface area (Å²) >= 11 is 0. The normalized spacial score (nSPS) is 14.8. The summed E-state index contributed by atoms with van der Waals surface area (Å²) in [6, 6.07) is 12.4. The molecule has 0 atom stereocenters. The first-order valence-corrected chi connectivity index (χ1v) is 9.29. The van der Waals surface area contributed by atoms with Crippen molar-refractivity contribution in [2.45, 2.75) is 19.3 Å². The van der Waals surface area contributed by atoms with E-state index in [1.165, 1.54) is 22.2 Å². The lowest BCUT2D eigenvalue weighted by molar-refractivity contribution is -0.131. The van der Waals surface area contributed by atoms with Crippen LogP contribution in [0.4, 0.5) is 5.69 Å². The third-order valence-corrected chi connectivity index (χ3v) is 5.17. The van der Waals surface area contributed by atoms with E-state index in [1.54, 1.807) is 0 Å². The van der Waals surface area contributed by atoms with E-state index in [1.807, 2.05) is 35.5 Å². The number of H-pyrrole nitrogens is 1. The molecule has 0 bridgehead atoms. The number of amides is 1. The number of carbonyl (C=O) groups excluding carboxylic acids is 1. The molecule has 1 amide bonds. The SMILES string of the molecule is O=C(CCCc1c[nH]c2ccccc12)N1CCN(c2ccncc2)CC1. The summed E-state index contributed by atoms with van der Waals surface area (Å²) in [6.45, 7) is 3.37. The smallest absolute Gasteiger partial charge is 0.222 e. The van der Waals surface area contributed by atoms with Crippen LogP contribution in [0.1, 0.15) is 18.4 Å². The summed E-state index contributed by atoms with van der Waals surface area (Å²) in [5.74, 6) is 0.277. The molecular weight excluding hydrogens is 324 g/mol. The molecule has 0 aliphatic carbocycles. The molecule has 1 fully saturated rings. The van der Waals surface area contributed by atoms with Crippen molar-refractivity contribution in [3.05, 3.63) is 60.6 Å². The number of nitrogens with one attached hydrogen (secondary N) is 1. The summed E-state index contributed by atoms with van der Waals surface area (Å²) in [4.78, 5) is 24.2. The van der Waals surface area contributed by atoms with Crippen LogP contribution in [0.3, 0.4) is 0 Å². The van der Waals surface area contributed by atoms with Crippen LogP contribution < -0.4 is 4.90 Å². The van der Waals surface area contributed by atoms with Crippen LogP contribution in [0.15, 0.2) is 55.0 Å². The van der Waals surface area contributed by atoms with Gasteiger partial charge in [-0.05, 0) is 36.6 Å². The number of benzene rings is 1. The van der Waals surface area contributed by atoms with Gasteiger partial charge in [-0.15, -0.1) is 0 Å². The molecule has 4 rings (SSSR count). The maximum absolute atomic E-state index is 12.5. The average Bonchev–Trinajstić information content (AvgIpc) is 3.12. The third kappa shape index (κ3) is 3.57. The lowest BCUT2D eigenvalue weighted by atomic mass is 10.1. The molecule has 134 valence electrons. The Kier molecular flexibility index (Phi) is 4.86. The van der Waals surface area contributed by atoms with Gasteiger partial charge >= 0.3 is 0 Å². The molecule has 0 unspecified atom stereocenters. The number of aromatic nitrogens is 2. The number of piperazine rings is 1. The molecule has 26 heavy (non-hydrogen) atoms. The van der Waals surface area contributed by atoms with E-state index in [4.69, 9.17) is 0 Å². The van der Waals surface area contributed by atoms with E-state index in [-0.39, 0.29) is 5.91 Å². The van der Waals surface area contributed by atoms with Gasteiger partial charge in [-0.1, -0.05) is 18.2 Å². The Morgan fingerprint density at radius 2 is 1.81 bits per heavy atom. The van der Waals surface area contributed by atoms with Crippen LogP contribution in [-0.2, 0) is 11.2 Å². The van der Waals surface area contributed by atoms with E-state index in [9.17, 15) is 4.79 Å². The Morgan fingerprint density at radius 1 is 1.04 bits per heavy atom. The van der Waals surface area contributed by atoms with Crippen LogP contribution in [0, 0.1) is 0 Å². The van der Waals surface area contributed by atoms with Gasteiger partial charge in [0, 0.05) is 67.8 Å². The van der Waals surface area contributed by atoms with E-state index in [0.717, 1.165) is 39.0 Å². The van der Waals surface area contributed by atoms with Crippen LogP contribution in [0.5, 0.6) is 0 Å². The van der Waals surface area contributed by atoms with Gasteiger partial charge in [0.05, 0.1) is 0 Å². The standard InChI is InChI=1S/C21H24N4O/c26-21(7-3-4-17-16-23-20-6-2-1-5-19(17)20)25-14-12-24(13-15-25)18-8-10-22-11-9-18/h1-2,5-6,8-11,16,23H,3-4,7,12-15H2. The topological polar surface area (TPSA) is 52.2 Å². The zero-order valence-corrected chi connectivity index (χ0v) is 14.9. The minimum Gasteiger partial charge on any atom is -0.368 e. The largest absolute Gasteiger partial charge is 0.368 e. The number of para-hydroxylation sites is 1. The van der Waals surface area contributed by atoms with E-state index < -0.39 is 0 Å². The summed E-state index contributed by atoms with van der Waals surface area (Å²) in [5.41, 5.74) is 3.66. The van der Waals surface area contributed by atoms with Gasteiger partial charge in [0.1, 0.15) is 0 Å². The highest BCUT2D eigenvalue weighted by molar-refractivity contribution is 5.83. The second kappa shape index (κ2) is 7.60. The summed E-state index contributed by atoms with van der Waals surface area (Å²) in [6.07, 6.45) is 8.16. The molecule has 1 saturated heterocycles. The molecule has 0 saturated carbocycles. The maximum Gasteiger partial charge on any atom is 0.222 e. The Bertz CT molecular complexity index is 866. The summed E-state index contributed by atoms with van der Waals surface area (Å²) in [5, 5.41) is 1.27. The van der Waals surface area contributed by atoms with Crippen molar-refractivity contribution in [3.8, 4) is 0 Å². The van der Waals surface area contributed by atoms with Gasteiger partial charge in [-0.25, -0.2) is 0 Å². The zero-order chi connectivity index (χ0) is 17.8. The number of nitrogens with zero attached hydrogens (tertiary/aromatic N) is 3. The quantitative estimate of drug-likeness (QED) is 0.770. The Balaban J connectivity index is 1.26. The van der Waals surface area contributed by atoms with Crippen molar-refractivity contribution in [1.82, 2.24) is 14.9 Å². The Morgan fingerprint density at radius 3 is 2.62 bits per heavy atom. The molecule has 5 nitrogen and oxygen atoms in total. The van der Waals surface area contributed by atoms with Gasteiger partial charge in [-0.3, -0.25) is 9.78 Å². The second-order valence-electron chi connectivity index (χ2n) is 6.79. The molecule has 0 radical (unpaired) electrons. The van der Waals surface area contributed by atoms with Crippen molar-refractivity contribution < 1.29 is 4.79 Å². The second-order valence-corrected chi connectivity index (χ2v) is 6.79. The predicted octanol–water partition coefficient (Wildman–Crippen LogP) is 3.23. The molecule has 3 aromatic rings. The number of anilines is 1. The van der Waals surface area contributed by atoms with Crippen molar-refractivity contribution in [2.75, 3.05) is 31.1 Å². The number of pyridine rings is 1. The van der Waals surface area contributed by atoms with Crippen LogP contribution >= 0.6 is 0 Å². The minimum atomic E-state index is 0.277. The molecule has 2 aromatic heterocycles. The summed E-state index contributed by atoms with van der Waals surface area (Å²) in [7, 11) is 0. The molecule has 1 aliphatic rings. The van der Waals surface area contributed by atoms with Crippen molar-refractivity contribution >= 4 is 22.5 Å². The number of rotatable bonds is 5. The monoisotopic (exact) mass is 348 g/mol. The van der Waals surface area contributed by atoms with E-state index >= 15 is 0 Å². The van der Waals surface area contributed by atoms with E-state index in [0.29, 0.717) is 6.42 Å². The molecule has 1 N–H and O–H groups in total. The number of carbonyl (C=O) groups is 1. The first-order chi connectivity index (χ1) is 12.8. The number of hydrogen-bond acceptors (Lipinski definition) is 3. The van der Waals surface area contributed by atoms with Gasteiger partial charge in [-0.2, -0.15) is 0 Å². The maximum atomic E-state index is 12.5. The van der Waals surface area contributed by atoms with Crippen molar-refractivity contribution in [2.24, 2.45) is 0 Å². The van der Waals surface area contributed by atoms with Gasteiger partial charge in [0.2, 0.25) is 5.91 Å². The Hall–Kier alpha value is -2.82. The van der Waals surface area contributed by atoms with Crippen LogP contribution in [0.2, 0.25) is 0 Å². The van der Waals surface area contributed by atoms with Crippen molar-refractivity contribution in [3.63, 3.8) is 0 Å². The number of aromatic amines is 1. The van der Waals surface area contributed by atoms with Crippen LogP contribution in [-0.4, -0.2) is 47.0 Å². The summed E-state index contributed by atoms with van der Waals surface area (Å²) < 4.78 is 0. The molecule has 5 heteroatoms. The fourth-order valence-electron chi connectivity index (χ4n) is 3.70. The van der Waals surface area contributed by atoms with Crippen molar-refractivity contribution in [1.29, 1.82) is 0 Å². The number of fused-ring (bicyclic) bond motifs is 1. The Labute approximate surface area is 153 Å². The predicted molar refractivity (Wildman–Crippen MR) is 104 cm³/mol. The highest BCUT2D eigenvalue weighted by Crippen LogP contribution is 2.20. The average molecular weight is 348 g/mol. The van der Waals surface area contributed by atoms with Gasteiger partial charge < -0.3 is 14.8 Å². The molecule has 1 aliphatic heterocycles. The molecule has 0 spiro atoms. The van der Waals surface area contributed by atoms with Crippen LogP contribution in [0.25, 0.3) is 10.9 Å². The minimum absolute atomic E-state index is 0.277. The third-order valence-electron chi connectivity index (χ3n) is 5.17. The molecular formula is C21H24N4O. The first kappa shape index (κ1) is 16.6. The fourth-order valence-corrected chi connectivity index (χ4v) is 3.70. The lowest BCUT2D eigenvalue weighted by Crippen LogP contribution is -2.48. The first-order valence-electron chi connectivity index (χ1n) is 9.29. The van der Waals surface area contributed by atoms with E-state index in [2.05, 4.69) is 39.3 Å².